The largest absolute Gasteiger partial charge is 0.523 e. The Morgan fingerprint density at radius 3 is 2.33 bits per heavy atom. The number of carbonyl (C=O) groups excluding carboxylic acids is 1. The maximum absolute atomic E-state index is 11.3. The molecule has 0 rings (SSSR count). The zero-order valence-electron chi connectivity index (χ0n) is 6.51. The third-order valence-electron chi connectivity index (χ3n) is 0.984. The lowest BCUT2D eigenvalue weighted by molar-refractivity contribution is -0.323. The molecule has 0 aromatic heterocycles. The van der Waals surface area contributed by atoms with Gasteiger partial charge in [0.25, 0.3) is 5.91 Å². The van der Waals surface area contributed by atoms with Crippen molar-refractivity contribution in [1.29, 1.82) is 0 Å². The molecule has 0 atom stereocenters. The maximum atomic E-state index is 11.3. The molecule has 0 aromatic carbocycles. The zero-order chi connectivity index (χ0) is 9.78. The van der Waals surface area contributed by atoms with E-state index in [2.05, 4.69) is 9.57 Å². The van der Waals surface area contributed by atoms with Gasteiger partial charge in [-0.2, -0.15) is 0 Å². The van der Waals surface area contributed by atoms with Crippen LogP contribution in [0.4, 0.5) is 13.2 Å². The smallest absolute Gasteiger partial charge is 0.282 e. The standard InChI is InChI=1S/C5H8F3NO3/c1-9(11-2)4(10)3-12-5(6,7)8/h3H2,1-2H3. The summed E-state index contributed by atoms with van der Waals surface area (Å²) in [4.78, 5) is 14.9. The number of halogens is 3. The number of rotatable bonds is 3. The summed E-state index contributed by atoms with van der Waals surface area (Å²) in [6.45, 7) is -1.08. The normalized spacial score (nSPS) is 11.4. The SMILES string of the molecule is CON(C)C(=O)COC(F)(F)F. The highest BCUT2D eigenvalue weighted by atomic mass is 19.4. The van der Waals surface area contributed by atoms with E-state index < -0.39 is 18.9 Å². The van der Waals surface area contributed by atoms with E-state index in [-0.39, 0.29) is 0 Å². The fourth-order valence-corrected chi connectivity index (χ4v) is 0.336. The Bertz CT molecular complexity index is 159. The second-order valence-corrected chi connectivity index (χ2v) is 1.81. The van der Waals surface area contributed by atoms with Crippen LogP contribution in [0.3, 0.4) is 0 Å². The van der Waals surface area contributed by atoms with Gasteiger partial charge in [0, 0.05) is 7.05 Å². The number of alkyl halides is 3. The van der Waals surface area contributed by atoms with Crippen LogP contribution < -0.4 is 0 Å². The van der Waals surface area contributed by atoms with Crippen LogP contribution >= 0.6 is 0 Å². The van der Waals surface area contributed by atoms with E-state index in [0.29, 0.717) is 5.06 Å². The summed E-state index contributed by atoms with van der Waals surface area (Å²) < 4.78 is 37.3. The summed E-state index contributed by atoms with van der Waals surface area (Å²) in [5.74, 6) is -0.908. The predicted molar refractivity (Wildman–Crippen MR) is 31.8 cm³/mol. The number of hydroxylamine groups is 2. The Balaban J connectivity index is 3.72. The van der Waals surface area contributed by atoms with Crippen LogP contribution in [-0.4, -0.2) is 38.1 Å². The molecular formula is C5H8F3NO3. The Morgan fingerprint density at radius 2 is 2.00 bits per heavy atom. The monoisotopic (exact) mass is 187 g/mol. The van der Waals surface area contributed by atoms with Crippen LogP contribution in [-0.2, 0) is 14.4 Å². The highest BCUT2D eigenvalue weighted by Crippen LogP contribution is 2.15. The number of nitrogens with zero attached hydrogens (tertiary/aromatic N) is 1. The van der Waals surface area contributed by atoms with E-state index in [1.165, 1.54) is 7.05 Å². The lowest BCUT2D eigenvalue weighted by atomic mass is 10.6. The van der Waals surface area contributed by atoms with Gasteiger partial charge in [-0.15, -0.1) is 13.2 Å². The first kappa shape index (κ1) is 11.2. The van der Waals surface area contributed by atoms with Gasteiger partial charge in [0.05, 0.1) is 7.11 Å². The number of carbonyl (C=O) groups is 1. The van der Waals surface area contributed by atoms with E-state index >= 15 is 0 Å². The summed E-state index contributed by atoms with van der Waals surface area (Å²) in [5, 5.41) is 0.645. The molecule has 1 amide bonds. The number of amides is 1. The van der Waals surface area contributed by atoms with Crippen LogP contribution in [0.25, 0.3) is 0 Å². The molecule has 4 nitrogen and oxygen atoms in total. The first-order chi connectivity index (χ1) is 5.37. The molecule has 0 spiro atoms. The van der Waals surface area contributed by atoms with Gasteiger partial charge in [-0.25, -0.2) is 5.06 Å². The summed E-state index contributed by atoms with van der Waals surface area (Å²) >= 11 is 0. The molecular weight excluding hydrogens is 179 g/mol. The van der Waals surface area contributed by atoms with Crippen LogP contribution in [0, 0.1) is 0 Å². The van der Waals surface area contributed by atoms with Crippen LogP contribution in [0.2, 0.25) is 0 Å². The quantitative estimate of drug-likeness (QED) is 0.605. The van der Waals surface area contributed by atoms with Gasteiger partial charge in [0.15, 0.2) is 0 Å². The van der Waals surface area contributed by atoms with Gasteiger partial charge >= 0.3 is 6.36 Å². The van der Waals surface area contributed by atoms with Crippen molar-refractivity contribution in [2.24, 2.45) is 0 Å². The highest BCUT2D eigenvalue weighted by molar-refractivity contribution is 5.76. The molecule has 7 heteroatoms. The first-order valence-electron chi connectivity index (χ1n) is 2.88. The minimum absolute atomic E-state index is 0.645. The minimum Gasteiger partial charge on any atom is -0.282 e. The molecule has 0 aliphatic rings. The Labute approximate surface area is 66.8 Å². The van der Waals surface area contributed by atoms with Crippen molar-refractivity contribution in [3.8, 4) is 0 Å². The molecule has 72 valence electrons. The number of hydrogen-bond acceptors (Lipinski definition) is 3. The fourth-order valence-electron chi connectivity index (χ4n) is 0.336. The lowest BCUT2D eigenvalue weighted by Crippen LogP contribution is -2.31. The van der Waals surface area contributed by atoms with Crippen LogP contribution in [0.5, 0.6) is 0 Å². The second-order valence-electron chi connectivity index (χ2n) is 1.81. The molecule has 0 aliphatic heterocycles. The molecule has 0 saturated carbocycles. The molecule has 0 radical (unpaired) electrons. The molecule has 0 aromatic rings. The predicted octanol–water partition coefficient (Wildman–Crippen LogP) is 0.543. The molecule has 0 heterocycles. The summed E-state index contributed by atoms with van der Waals surface area (Å²) in [5.41, 5.74) is 0. The van der Waals surface area contributed by atoms with E-state index in [4.69, 9.17) is 0 Å². The molecule has 0 saturated heterocycles. The van der Waals surface area contributed by atoms with E-state index in [1.807, 2.05) is 0 Å². The number of ether oxygens (including phenoxy) is 1. The van der Waals surface area contributed by atoms with Crippen molar-refractivity contribution in [2.45, 2.75) is 6.36 Å². The van der Waals surface area contributed by atoms with E-state index in [0.717, 1.165) is 7.11 Å². The average Bonchev–Trinajstić information content (AvgIpc) is 1.97. The second kappa shape index (κ2) is 4.27. The Hall–Kier alpha value is -0.820. The van der Waals surface area contributed by atoms with Crippen molar-refractivity contribution in [3.05, 3.63) is 0 Å². The van der Waals surface area contributed by atoms with Crippen molar-refractivity contribution in [1.82, 2.24) is 5.06 Å². The fraction of sp³-hybridized carbons (Fsp3) is 0.800. The minimum atomic E-state index is -4.79. The van der Waals surface area contributed by atoms with Gasteiger partial charge < -0.3 is 0 Å². The molecule has 0 N–H and O–H groups in total. The van der Waals surface area contributed by atoms with Crippen molar-refractivity contribution >= 4 is 5.91 Å². The molecule has 0 bridgehead atoms. The van der Waals surface area contributed by atoms with Crippen molar-refractivity contribution < 1.29 is 27.5 Å². The number of likely N-dealkylation sites (N-methyl/N-ethyl adjacent to an activating group) is 1. The van der Waals surface area contributed by atoms with Gasteiger partial charge in [-0.05, 0) is 0 Å². The van der Waals surface area contributed by atoms with Crippen LogP contribution in [0.1, 0.15) is 0 Å². The maximum Gasteiger partial charge on any atom is 0.523 e. The Morgan fingerprint density at radius 1 is 1.50 bits per heavy atom. The van der Waals surface area contributed by atoms with Gasteiger partial charge in [-0.1, -0.05) is 0 Å². The first-order valence-corrected chi connectivity index (χ1v) is 2.88. The van der Waals surface area contributed by atoms with Gasteiger partial charge in [0.1, 0.15) is 6.61 Å². The average molecular weight is 187 g/mol. The third-order valence-corrected chi connectivity index (χ3v) is 0.984. The van der Waals surface area contributed by atoms with E-state index in [1.54, 1.807) is 0 Å². The zero-order valence-corrected chi connectivity index (χ0v) is 6.51. The van der Waals surface area contributed by atoms with Crippen molar-refractivity contribution in [3.63, 3.8) is 0 Å². The Kier molecular flexibility index (Phi) is 3.98. The summed E-state index contributed by atoms with van der Waals surface area (Å²) in [7, 11) is 2.34. The molecule has 0 fully saturated rings. The van der Waals surface area contributed by atoms with Gasteiger partial charge in [0.2, 0.25) is 0 Å². The van der Waals surface area contributed by atoms with Crippen LogP contribution in [0.15, 0.2) is 0 Å². The third kappa shape index (κ3) is 4.91. The molecule has 0 aliphatic carbocycles. The topological polar surface area (TPSA) is 38.8 Å². The van der Waals surface area contributed by atoms with Crippen molar-refractivity contribution in [2.75, 3.05) is 20.8 Å². The number of hydrogen-bond donors (Lipinski definition) is 0. The molecule has 0 unspecified atom stereocenters. The van der Waals surface area contributed by atoms with E-state index in [9.17, 15) is 18.0 Å². The summed E-state index contributed by atoms with van der Waals surface area (Å²) in [6, 6.07) is 0. The highest BCUT2D eigenvalue weighted by Gasteiger charge is 2.30. The van der Waals surface area contributed by atoms with Gasteiger partial charge in [-0.3, -0.25) is 14.4 Å². The summed E-state index contributed by atoms with van der Waals surface area (Å²) in [6.07, 6.45) is -4.79. The lowest BCUT2D eigenvalue weighted by Gasteiger charge is -2.14. The molecule has 12 heavy (non-hydrogen) atoms.